The maximum Gasteiger partial charge on any atom is 0.0441 e. The predicted molar refractivity (Wildman–Crippen MR) is 72.4 cm³/mol. The highest BCUT2D eigenvalue weighted by molar-refractivity contribution is 5.06. The van der Waals surface area contributed by atoms with Gasteiger partial charge in [-0.05, 0) is 38.0 Å². The second kappa shape index (κ2) is 6.12. The summed E-state index contributed by atoms with van der Waals surface area (Å²) in [6.45, 7) is 9.11. The molecular formula is C15H27N. The minimum Gasteiger partial charge on any atom is -0.383 e. The topological polar surface area (TPSA) is 12.0 Å². The van der Waals surface area contributed by atoms with Crippen LogP contribution in [0.15, 0.2) is 23.9 Å². The van der Waals surface area contributed by atoms with Crippen LogP contribution in [0.1, 0.15) is 59.8 Å². The Hall–Kier alpha value is -0.720. The molecule has 0 bridgehead atoms. The molecule has 0 radical (unpaired) electrons. The Morgan fingerprint density at radius 3 is 2.81 bits per heavy atom. The van der Waals surface area contributed by atoms with Gasteiger partial charge < -0.3 is 5.32 Å². The zero-order valence-electron chi connectivity index (χ0n) is 11.3. The van der Waals surface area contributed by atoms with Gasteiger partial charge in [0.1, 0.15) is 0 Å². The molecule has 1 nitrogen and oxygen atoms in total. The molecule has 0 saturated heterocycles. The van der Waals surface area contributed by atoms with Crippen LogP contribution in [0.25, 0.3) is 0 Å². The lowest BCUT2D eigenvalue weighted by atomic mass is 9.86. The number of allylic oxidation sites excluding steroid dienone is 3. The van der Waals surface area contributed by atoms with E-state index in [0.717, 1.165) is 0 Å². The Morgan fingerprint density at radius 1 is 1.50 bits per heavy atom. The molecule has 0 aromatic heterocycles. The monoisotopic (exact) mass is 221 g/mol. The number of hydrogen-bond acceptors (Lipinski definition) is 1. The number of nitrogens with one attached hydrogen (secondary N) is 1. The lowest BCUT2D eigenvalue weighted by Crippen LogP contribution is -2.27. The van der Waals surface area contributed by atoms with Crippen molar-refractivity contribution in [1.29, 1.82) is 0 Å². The van der Waals surface area contributed by atoms with Gasteiger partial charge in [-0.15, -0.1) is 0 Å². The van der Waals surface area contributed by atoms with Crippen LogP contribution < -0.4 is 5.32 Å². The zero-order chi connectivity index (χ0) is 12.0. The van der Waals surface area contributed by atoms with Crippen molar-refractivity contribution in [2.45, 2.75) is 65.8 Å². The van der Waals surface area contributed by atoms with Crippen molar-refractivity contribution in [3.05, 3.63) is 23.9 Å². The van der Waals surface area contributed by atoms with E-state index < -0.39 is 0 Å². The SMILES string of the molecule is CCC(C)(C)C/C=C(\C)NC1C=CCCC1. The summed E-state index contributed by atoms with van der Waals surface area (Å²) in [4.78, 5) is 0. The fraction of sp³-hybridized carbons (Fsp3) is 0.733. The second-order valence-electron chi connectivity index (χ2n) is 5.72. The molecule has 0 heterocycles. The van der Waals surface area contributed by atoms with Gasteiger partial charge in [0.2, 0.25) is 0 Å². The minimum absolute atomic E-state index is 0.436. The first-order valence-electron chi connectivity index (χ1n) is 6.63. The molecule has 1 rings (SSSR count). The van der Waals surface area contributed by atoms with E-state index in [2.05, 4.69) is 51.2 Å². The summed E-state index contributed by atoms with van der Waals surface area (Å²) in [6, 6.07) is 0.565. The van der Waals surface area contributed by atoms with Crippen LogP contribution >= 0.6 is 0 Å². The van der Waals surface area contributed by atoms with Crippen LogP contribution in [0.3, 0.4) is 0 Å². The molecule has 1 heteroatoms. The van der Waals surface area contributed by atoms with E-state index in [1.165, 1.54) is 37.8 Å². The van der Waals surface area contributed by atoms with Gasteiger partial charge in [0, 0.05) is 11.7 Å². The molecular weight excluding hydrogens is 194 g/mol. The van der Waals surface area contributed by atoms with Crippen molar-refractivity contribution in [2.24, 2.45) is 5.41 Å². The summed E-state index contributed by atoms with van der Waals surface area (Å²) in [5.41, 5.74) is 1.77. The van der Waals surface area contributed by atoms with Gasteiger partial charge in [-0.1, -0.05) is 45.4 Å². The summed E-state index contributed by atoms with van der Waals surface area (Å²) in [5, 5.41) is 3.59. The molecule has 1 aliphatic rings. The molecule has 92 valence electrons. The molecule has 16 heavy (non-hydrogen) atoms. The standard InChI is InChI=1S/C15H27N/c1-5-15(3,4)12-11-13(2)16-14-9-7-6-8-10-14/h7,9,11,14,16H,5-6,8,10,12H2,1-4H3/b13-11+. The van der Waals surface area contributed by atoms with E-state index in [4.69, 9.17) is 0 Å². The molecule has 0 amide bonds. The quantitative estimate of drug-likeness (QED) is 0.678. The van der Waals surface area contributed by atoms with Gasteiger partial charge in [-0.2, -0.15) is 0 Å². The van der Waals surface area contributed by atoms with E-state index in [1.807, 2.05) is 0 Å². The van der Waals surface area contributed by atoms with Gasteiger partial charge in [0.05, 0.1) is 0 Å². The zero-order valence-corrected chi connectivity index (χ0v) is 11.3. The van der Waals surface area contributed by atoms with Gasteiger partial charge in [-0.3, -0.25) is 0 Å². The van der Waals surface area contributed by atoms with Gasteiger partial charge in [0.15, 0.2) is 0 Å². The average molecular weight is 221 g/mol. The van der Waals surface area contributed by atoms with E-state index >= 15 is 0 Å². The fourth-order valence-electron chi connectivity index (χ4n) is 1.86. The van der Waals surface area contributed by atoms with Crippen molar-refractivity contribution in [3.63, 3.8) is 0 Å². The highest BCUT2D eigenvalue weighted by atomic mass is 14.9. The van der Waals surface area contributed by atoms with Gasteiger partial charge in [-0.25, -0.2) is 0 Å². The molecule has 0 spiro atoms. The van der Waals surface area contributed by atoms with Crippen LogP contribution in [-0.2, 0) is 0 Å². The molecule has 0 aromatic rings. The van der Waals surface area contributed by atoms with Crippen LogP contribution in [0.2, 0.25) is 0 Å². The minimum atomic E-state index is 0.436. The Labute approximate surface area is 101 Å². The Kier molecular flexibility index (Phi) is 5.11. The van der Waals surface area contributed by atoms with Crippen LogP contribution in [0, 0.1) is 5.41 Å². The number of rotatable bonds is 5. The largest absolute Gasteiger partial charge is 0.383 e. The molecule has 1 N–H and O–H groups in total. The fourth-order valence-corrected chi connectivity index (χ4v) is 1.86. The number of hydrogen-bond donors (Lipinski definition) is 1. The highest BCUT2D eigenvalue weighted by Gasteiger charge is 2.13. The maximum atomic E-state index is 3.59. The van der Waals surface area contributed by atoms with Crippen molar-refractivity contribution in [1.82, 2.24) is 5.32 Å². The summed E-state index contributed by atoms with van der Waals surface area (Å²) >= 11 is 0. The van der Waals surface area contributed by atoms with Crippen LogP contribution in [0.4, 0.5) is 0 Å². The summed E-state index contributed by atoms with van der Waals surface area (Å²) in [7, 11) is 0. The second-order valence-corrected chi connectivity index (χ2v) is 5.72. The first kappa shape index (κ1) is 13.3. The Balaban J connectivity index is 2.39. The Bertz CT molecular complexity index is 261. The van der Waals surface area contributed by atoms with E-state index in [9.17, 15) is 0 Å². The average Bonchev–Trinajstić information content (AvgIpc) is 2.28. The molecule has 1 atom stereocenters. The smallest absolute Gasteiger partial charge is 0.0441 e. The molecule has 1 unspecified atom stereocenters. The van der Waals surface area contributed by atoms with E-state index in [0.29, 0.717) is 11.5 Å². The van der Waals surface area contributed by atoms with Crippen molar-refractivity contribution in [2.75, 3.05) is 0 Å². The van der Waals surface area contributed by atoms with Gasteiger partial charge >= 0.3 is 0 Å². The molecule has 0 fully saturated rings. The summed E-state index contributed by atoms with van der Waals surface area (Å²) < 4.78 is 0. The van der Waals surface area contributed by atoms with Crippen LogP contribution in [-0.4, -0.2) is 6.04 Å². The maximum absolute atomic E-state index is 3.59. The third-order valence-electron chi connectivity index (χ3n) is 3.59. The highest BCUT2D eigenvalue weighted by Crippen LogP contribution is 2.25. The predicted octanol–water partition coefficient (Wildman–Crippen LogP) is 4.41. The first-order valence-corrected chi connectivity index (χ1v) is 6.63. The van der Waals surface area contributed by atoms with E-state index in [-0.39, 0.29) is 0 Å². The Morgan fingerprint density at radius 2 is 2.25 bits per heavy atom. The molecule has 0 aliphatic heterocycles. The molecule has 1 aliphatic carbocycles. The third kappa shape index (κ3) is 4.87. The third-order valence-corrected chi connectivity index (χ3v) is 3.59. The van der Waals surface area contributed by atoms with Crippen molar-refractivity contribution < 1.29 is 0 Å². The lowest BCUT2D eigenvalue weighted by Gasteiger charge is -2.23. The van der Waals surface area contributed by atoms with Crippen molar-refractivity contribution in [3.8, 4) is 0 Å². The van der Waals surface area contributed by atoms with Crippen molar-refractivity contribution >= 4 is 0 Å². The van der Waals surface area contributed by atoms with E-state index in [1.54, 1.807) is 0 Å². The summed E-state index contributed by atoms with van der Waals surface area (Å²) in [6.07, 6.45) is 13.2. The summed E-state index contributed by atoms with van der Waals surface area (Å²) in [5.74, 6) is 0. The van der Waals surface area contributed by atoms with Crippen LogP contribution in [0.5, 0.6) is 0 Å². The molecule has 0 aromatic carbocycles. The normalized spacial score (nSPS) is 22.2. The first-order chi connectivity index (χ1) is 7.53. The molecule has 0 saturated carbocycles. The van der Waals surface area contributed by atoms with Gasteiger partial charge in [0.25, 0.3) is 0 Å². The lowest BCUT2D eigenvalue weighted by molar-refractivity contribution is 0.355.